The predicted molar refractivity (Wildman–Crippen MR) is 110 cm³/mol. The predicted octanol–water partition coefficient (Wildman–Crippen LogP) is 3.33. The lowest BCUT2D eigenvalue weighted by molar-refractivity contribution is -0.119. The third kappa shape index (κ3) is 8.44. The second-order valence-corrected chi connectivity index (χ2v) is 6.03. The van der Waals surface area contributed by atoms with Crippen molar-refractivity contribution in [1.29, 1.82) is 0 Å². The van der Waals surface area contributed by atoms with Crippen LogP contribution in [0, 0.1) is 5.82 Å². The van der Waals surface area contributed by atoms with Crippen molar-refractivity contribution in [1.82, 2.24) is 10.6 Å². The van der Waals surface area contributed by atoms with Gasteiger partial charge in [0.25, 0.3) is 0 Å². The molecule has 6 nitrogen and oxygen atoms in total. The Morgan fingerprint density at radius 3 is 2.39 bits per heavy atom. The van der Waals surface area contributed by atoms with E-state index >= 15 is 0 Å². The fourth-order valence-electron chi connectivity index (χ4n) is 2.39. The summed E-state index contributed by atoms with van der Waals surface area (Å²) in [7, 11) is 1.64. The van der Waals surface area contributed by atoms with E-state index in [1.807, 2.05) is 24.3 Å². The first-order chi connectivity index (χ1) is 13.7. The van der Waals surface area contributed by atoms with Crippen LogP contribution >= 0.6 is 0 Å². The van der Waals surface area contributed by atoms with Crippen molar-refractivity contribution in [3.8, 4) is 11.5 Å². The van der Waals surface area contributed by atoms with E-state index in [4.69, 9.17) is 4.74 Å². The molecule has 148 valence electrons. The van der Waals surface area contributed by atoms with Crippen LogP contribution < -0.4 is 15.4 Å². The fourth-order valence-corrected chi connectivity index (χ4v) is 2.39. The number of nitrogens with one attached hydrogen (secondary N) is 2. The van der Waals surface area contributed by atoms with Gasteiger partial charge in [-0.15, -0.1) is 0 Å². The molecule has 7 heteroatoms. The van der Waals surface area contributed by atoms with Gasteiger partial charge in [-0.2, -0.15) is 0 Å². The Bertz CT molecular complexity index is 774. The molecule has 0 fully saturated rings. The van der Waals surface area contributed by atoms with Crippen LogP contribution in [0.4, 0.5) is 4.39 Å². The lowest BCUT2D eigenvalue weighted by atomic mass is 10.1. The number of carbonyl (C=O) groups excluding carboxylic acids is 1. The van der Waals surface area contributed by atoms with Gasteiger partial charge >= 0.3 is 0 Å². The molecule has 0 saturated carbocycles. The van der Waals surface area contributed by atoms with Gasteiger partial charge in [0.15, 0.2) is 0 Å². The third-order valence-electron chi connectivity index (χ3n) is 3.79. The van der Waals surface area contributed by atoms with Crippen LogP contribution in [0.25, 0.3) is 0 Å². The topological polar surface area (TPSA) is 75.1 Å². The maximum absolute atomic E-state index is 12.9. The van der Waals surface area contributed by atoms with Crippen LogP contribution in [-0.4, -0.2) is 38.7 Å². The molecule has 1 amide bonds. The number of ether oxygens (including phenoxy) is 1. The van der Waals surface area contributed by atoms with Gasteiger partial charge in [-0.25, -0.2) is 4.39 Å². The molecule has 0 aliphatic carbocycles. The van der Waals surface area contributed by atoms with Gasteiger partial charge in [-0.1, -0.05) is 12.1 Å². The van der Waals surface area contributed by atoms with Crippen molar-refractivity contribution in [3.05, 3.63) is 59.9 Å². The number of aryl methyl sites for hydroxylation is 1. The smallest absolute Gasteiger partial charge is 0.241 e. The highest BCUT2D eigenvalue weighted by atomic mass is 19.1. The average molecular weight is 384 g/mol. The molecule has 28 heavy (non-hydrogen) atoms. The summed E-state index contributed by atoms with van der Waals surface area (Å²) in [6.45, 7) is 0.726. The summed E-state index contributed by atoms with van der Waals surface area (Å²) in [5, 5.41) is 5.56. The fraction of sp³-hybridized carbons (Fsp3) is 0.286. The Kier molecular flexibility index (Phi) is 9.20. The number of unbranched alkanes of at least 4 members (excludes halogenated alkanes) is 1. The Labute approximate surface area is 164 Å². The number of halogens is 1. The first-order valence-corrected chi connectivity index (χ1v) is 9.11. The monoisotopic (exact) mass is 384 g/mol. The number of nitrogens with zero attached hydrogens (tertiary/aromatic N) is 2. The minimum Gasteiger partial charge on any atom is -0.457 e. The standard InChI is InChI=1S/C21H25FN4O2/c1-23-15-25-16-24-14-21(27)26-13-3-2-4-17-5-9-19(10-6-17)28-20-11-7-18(22)8-12-20/h5-12,15-16H,2-4,13-14H2,1H3,(H,26,27)(H,23,24,25). The molecule has 0 saturated heterocycles. The van der Waals surface area contributed by atoms with Gasteiger partial charge in [-0.05, 0) is 61.2 Å². The maximum Gasteiger partial charge on any atom is 0.241 e. The summed E-state index contributed by atoms with van der Waals surface area (Å²) < 4.78 is 18.6. The van der Waals surface area contributed by atoms with Gasteiger partial charge in [0.05, 0.1) is 12.7 Å². The number of amides is 1. The van der Waals surface area contributed by atoms with E-state index in [1.54, 1.807) is 19.2 Å². The summed E-state index contributed by atoms with van der Waals surface area (Å²) in [5.74, 6) is 0.922. The molecule has 2 aromatic carbocycles. The van der Waals surface area contributed by atoms with E-state index in [1.165, 1.54) is 30.4 Å². The van der Waals surface area contributed by atoms with Gasteiger partial charge < -0.3 is 15.4 Å². The zero-order chi connectivity index (χ0) is 20.0. The highest BCUT2D eigenvalue weighted by Gasteiger charge is 2.01. The van der Waals surface area contributed by atoms with Gasteiger partial charge in [0.1, 0.15) is 23.9 Å². The Morgan fingerprint density at radius 1 is 1.04 bits per heavy atom. The van der Waals surface area contributed by atoms with Crippen LogP contribution in [-0.2, 0) is 11.2 Å². The quantitative estimate of drug-likeness (QED) is 0.354. The molecule has 0 atom stereocenters. The van der Waals surface area contributed by atoms with E-state index in [9.17, 15) is 9.18 Å². The van der Waals surface area contributed by atoms with Crippen molar-refractivity contribution >= 4 is 18.6 Å². The summed E-state index contributed by atoms with van der Waals surface area (Å²) in [4.78, 5) is 19.2. The molecular weight excluding hydrogens is 359 g/mol. The molecule has 2 rings (SSSR count). The molecule has 0 aliphatic rings. The van der Waals surface area contributed by atoms with Crippen molar-refractivity contribution in [2.45, 2.75) is 19.3 Å². The average Bonchev–Trinajstić information content (AvgIpc) is 2.70. The lowest BCUT2D eigenvalue weighted by Gasteiger charge is -2.07. The number of carbonyl (C=O) groups is 1. The van der Waals surface area contributed by atoms with Crippen molar-refractivity contribution < 1.29 is 13.9 Å². The van der Waals surface area contributed by atoms with Gasteiger partial charge in [-0.3, -0.25) is 14.8 Å². The zero-order valence-corrected chi connectivity index (χ0v) is 15.9. The summed E-state index contributed by atoms with van der Waals surface area (Å²) in [6, 6.07) is 13.8. The largest absolute Gasteiger partial charge is 0.457 e. The molecule has 0 aromatic heterocycles. The van der Waals surface area contributed by atoms with E-state index < -0.39 is 0 Å². The molecular formula is C21H25FN4O2. The van der Waals surface area contributed by atoms with E-state index in [-0.39, 0.29) is 18.3 Å². The maximum atomic E-state index is 12.9. The third-order valence-corrected chi connectivity index (χ3v) is 3.79. The van der Waals surface area contributed by atoms with Crippen molar-refractivity contribution in [2.24, 2.45) is 9.98 Å². The van der Waals surface area contributed by atoms with Gasteiger partial charge in [0, 0.05) is 13.6 Å². The summed E-state index contributed by atoms with van der Waals surface area (Å²) in [6.07, 6.45) is 5.71. The lowest BCUT2D eigenvalue weighted by Crippen LogP contribution is -2.27. The number of rotatable bonds is 11. The number of aliphatic imine (C=N–C) groups is 2. The van der Waals surface area contributed by atoms with Crippen LogP contribution in [0.3, 0.4) is 0 Å². The molecule has 2 aromatic rings. The number of hydrogen-bond donors (Lipinski definition) is 2. The van der Waals surface area contributed by atoms with E-state index in [0.717, 1.165) is 19.3 Å². The molecule has 0 heterocycles. The first-order valence-electron chi connectivity index (χ1n) is 9.11. The van der Waals surface area contributed by atoms with Crippen LogP contribution in [0.5, 0.6) is 11.5 Å². The second-order valence-electron chi connectivity index (χ2n) is 6.03. The first kappa shape index (κ1) is 21.1. The SMILES string of the molecule is CN=CNC=NCC(=O)NCCCCc1ccc(Oc2ccc(F)cc2)cc1. The van der Waals surface area contributed by atoms with Crippen molar-refractivity contribution in [2.75, 3.05) is 20.1 Å². The Morgan fingerprint density at radius 2 is 1.71 bits per heavy atom. The number of benzene rings is 2. The Balaban J connectivity index is 1.61. The van der Waals surface area contributed by atoms with E-state index in [2.05, 4.69) is 20.6 Å². The molecule has 0 unspecified atom stereocenters. The van der Waals surface area contributed by atoms with Crippen LogP contribution in [0.1, 0.15) is 18.4 Å². The molecule has 0 spiro atoms. The van der Waals surface area contributed by atoms with Gasteiger partial charge in [0.2, 0.25) is 5.91 Å². The van der Waals surface area contributed by atoms with Crippen LogP contribution in [0.15, 0.2) is 58.5 Å². The summed E-state index contributed by atoms with van der Waals surface area (Å²) in [5.41, 5.74) is 1.20. The number of hydrogen-bond acceptors (Lipinski definition) is 4. The minimum atomic E-state index is -0.287. The van der Waals surface area contributed by atoms with Crippen molar-refractivity contribution in [3.63, 3.8) is 0 Å². The Hall–Kier alpha value is -3.22. The zero-order valence-electron chi connectivity index (χ0n) is 15.9. The highest BCUT2D eigenvalue weighted by molar-refractivity contribution is 5.81. The highest BCUT2D eigenvalue weighted by Crippen LogP contribution is 2.22. The van der Waals surface area contributed by atoms with E-state index in [0.29, 0.717) is 18.0 Å². The minimum absolute atomic E-state index is 0.0973. The molecule has 0 radical (unpaired) electrons. The molecule has 2 N–H and O–H groups in total. The molecule has 0 aliphatic heterocycles. The molecule has 0 bridgehead atoms. The normalized spacial score (nSPS) is 11.1. The summed E-state index contributed by atoms with van der Waals surface area (Å²) >= 11 is 0. The second kappa shape index (κ2) is 12.2. The van der Waals surface area contributed by atoms with Crippen LogP contribution in [0.2, 0.25) is 0 Å².